The van der Waals surface area contributed by atoms with Gasteiger partial charge in [0.15, 0.2) is 5.82 Å². The van der Waals surface area contributed by atoms with Crippen molar-refractivity contribution in [2.45, 2.75) is 32.7 Å². The number of nitrogens with zero attached hydrogens (tertiary/aromatic N) is 2. The molecule has 0 saturated carbocycles. The van der Waals surface area contributed by atoms with Gasteiger partial charge >= 0.3 is 0 Å². The third-order valence-corrected chi connectivity index (χ3v) is 3.01. The predicted octanol–water partition coefficient (Wildman–Crippen LogP) is 2.37. The van der Waals surface area contributed by atoms with Crippen LogP contribution in [0.15, 0.2) is 28.8 Å². The van der Waals surface area contributed by atoms with Crippen molar-refractivity contribution in [2.24, 2.45) is 0 Å². The largest absolute Gasteiger partial charge is 0.508 e. The smallest absolute Gasteiger partial charge is 0.223 e. The monoisotopic (exact) mass is 261 g/mol. The lowest BCUT2D eigenvalue weighted by molar-refractivity contribution is 0.386. The Morgan fingerprint density at radius 1 is 1.32 bits per heavy atom. The first kappa shape index (κ1) is 13.5. The molecule has 0 fully saturated rings. The van der Waals surface area contributed by atoms with Crippen LogP contribution < -0.4 is 5.32 Å². The minimum absolute atomic E-state index is 0.272. The molecule has 2 aromatic rings. The Balaban J connectivity index is 1.87. The summed E-state index contributed by atoms with van der Waals surface area (Å²) in [7, 11) is 0. The van der Waals surface area contributed by atoms with Gasteiger partial charge in [-0.25, -0.2) is 0 Å². The lowest BCUT2D eigenvalue weighted by Crippen LogP contribution is -2.23. The molecule has 2 N–H and O–H groups in total. The number of aromatic nitrogens is 2. The molecule has 0 aliphatic heterocycles. The van der Waals surface area contributed by atoms with Gasteiger partial charge in [-0.2, -0.15) is 4.98 Å². The van der Waals surface area contributed by atoms with E-state index in [1.54, 1.807) is 19.1 Å². The van der Waals surface area contributed by atoms with E-state index in [-0.39, 0.29) is 6.04 Å². The number of benzene rings is 1. The van der Waals surface area contributed by atoms with Crippen LogP contribution in [0.25, 0.3) is 0 Å². The number of phenolic OH excluding ortho intramolecular Hbond substituents is 1. The fourth-order valence-corrected chi connectivity index (χ4v) is 2.01. The Hall–Kier alpha value is -1.88. The Labute approximate surface area is 112 Å². The summed E-state index contributed by atoms with van der Waals surface area (Å²) in [5.74, 6) is 1.62. The Bertz CT molecular complexity index is 508. The van der Waals surface area contributed by atoms with Crippen LogP contribution in [0.3, 0.4) is 0 Å². The number of hydrogen-bond donors (Lipinski definition) is 2. The van der Waals surface area contributed by atoms with Gasteiger partial charge in [0.25, 0.3) is 0 Å². The summed E-state index contributed by atoms with van der Waals surface area (Å²) < 4.78 is 4.93. The summed E-state index contributed by atoms with van der Waals surface area (Å²) in [6, 6.07) is 7.57. The molecule has 2 rings (SSSR count). The number of nitrogens with one attached hydrogen (secondary N) is 1. The van der Waals surface area contributed by atoms with E-state index >= 15 is 0 Å². The zero-order valence-electron chi connectivity index (χ0n) is 11.3. The average Bonchev–Trinajstić information content (AvgIpc) is 2.82. The maximum atomic E-state index is 9.29. The SMILES string of the molecule is CCC(NCCc1noc(C)n1)c1ccc(O)cc1. The second-order valence-electron chi connectivity index (χ2n) is 4.49. The minimum Gasteiger partial charge on any atom is -0.508 e. The zero-order chi connectivity index (χ0) is 13.7. The quantitative estimate of drug-likeness (QED) is 0.835. The van der Waals surface area contributed by atoms with Crippen molar-refractivity contribution in [2.75, 3.05) is 6.54 Å². The predicted molar refractivity (Wildman–Crippen MR) is 71.9 cm³/mol. The molecule has 0 aliphatic rings. The molecule has 19 heavy (non-hydrogen) atoms. The standard InChI is InChI=1S/C14H19N3O2/c1-3-13(11-4-6-12(18)7-5-11)15-9-8-14-16-10(2)19-17-14/h4-7,13,15,18H,3,8-9H2,1-2H3. The second kappa shape index (κ2) is 6.33. The first-order valence-corrected chi connectivity index (χ1v) is 6.50. The molecular formula is C14H19N3O2. The topological polar surface area (TPSA) is 71.2 Å². The van der Waals surface area contributed by atoms with Crippen molar-refractivity contribution in [3.8, 4) is 5.75 Å². The fraction of sp³-hybridized carbons (Fsp3) is 0.429. The molecule has 102 valence electrons. The number of phenols is 1. The Kier molecular flexibility index (Phi) is 4.52. The van der Waals surface area contributed by atoms with E-state index < -0.39 is 0 Å². The van der Waals surface area contributed by atoms with E-state index in [1.165, 1.54) is 5.56 Å². The van der Waals surface area contributed by atoms with Crippen LogP contribution in [-0.4, -0.2) is 21.8 Å². The molecule has 5 heteroatoms. The van der Waals surface area contributed by atoms with Crippen LogP contribution in [0.5, 0.6) is 5.75 Å². The van der Waals surface area contributed by atoms with Crippen molar-refractivity contribution >= 4 is 0 Å². The highest BCUT2D eigenvalue weighted by atomic mass is 16.5. The highest BCUT2D eigenvalue weighted by Crippen LogP contribution is 2.19. The van der Waals surface area contributed by atoms with Gasteiger partial charge in [0.1, 0.15) is 5.75 Å². The van der Waals surface area contributed by atoms with E-state index in [0.29, 0.717) is 11.6 Å². The second-order valence-corrected chi connectivity index (χ2v) is 4.49. The molecule has 5 nitrogen and oxygen atoms in total. The molecule has 1 atom stereocenters. The van der Waals surface area contributed by atoms with Gasteiger partial charge in [0.2, 0.25) is 5.89 Å². The highest BCUT2D eigenvalue weighted by Gasteiger charge is 2.09. The first-order valence-electron chi connectivity index (χ1n) is 6.50. The van der Waals surface area contributed by atoms with Crippen molar-refractivity contribution < 1.29 is 9.63 Å². The average molecular weight is 261 g/mol. The summed E-state index contributed by atoms with van der Waals surface area (Å²) in [6.45, 7) is 4.70. The maximum absolute atomic E-state index is 9.29. The van der Waals surface area contributed by atoms with E-state index in [4.69, 9.17) is 4.52 Å². The van der Waals surface area contributed by atoms with Crippen LogP contribution in [0.4, 0.5) is 0 Å². The van der Waals surface area contributed by atoms with E-state index in [9.17, 15) is 5.11 Å². The molecule has 0 radical (unpaired) electrons. The van der Waals surface area contributed by atoms with Crippen LogP contribution in [0, 0.1) is 6.92 Å². The maximum Gasteiger partial charge on any atom is 0.223 e. The van der Waals surface area contributed by atoms with Crippen LogP contribution in [-0.2, 0) is 6.42 Å². The lowest BCUT2D eigenvalue weighted by Gasteiger charge is -2.17. The van der Waals surface area contributed by atoms with Crippen molar-refractivity contribution in [3.05, 3.63) is 41.5 Å². The van der Waals surface area contributed by atoms with Gasteiger partial charge in [-0.3, -0.25) is 0 Å². The first-order chi connectivity index (χ1) is 9.19. The van der Waals surface area contributed by atoms with Gasteiger partial charge in [0.05, 0.1) is 0 Å². The molecule has 1 aromatic carbocycles. The summed E-state index contributed by atoms with van der Waals surface area (Å²) in [5, 5.41) is 16.6. The van der Waals surface area contributed by atoms with E-state index in [1.807, 2.05) is 12.1 Å². The molecular weight excluding hydrogens is 242 g/mol. The van der Waals surface area contributed by atoms with Gasteiger partial charge in [0, 0.05) is 25.9 Å². The Morgan fingerprint density at radius 2 is 2.05 bits per heavy atom. The normalized spacial score (nSPS) is 12.5. The van der Waals surface area contributed by atoms with Gasteiger partial charge in [-0.05, 0) is 24.1 Å². The summed E-state index contributed by atoms with van der Waals surface area (Å²) in [5.41, 5.74) is 1.17. The molecule has 0 aliphatic carbocycles. The molecule has 1 heterocycles. The molecule has 0 spiro atoms. The number of aryl methyl sites for hydroxylation is 1. The van der Waals surface area contributed by atoms with Crippen molar-refractivity contribution in [1.82, 2.24) is 15.5 Å². The summed E-state index contributed by atoms with van der Waals surface area (Å²) in [6.07, 6.45) is 1.72. The zero-order valence-corrected chi connectivity index (χ0v) is 11.3. The van der Waals surface area contributed by atoms with Crippen molar-refractivity contribution in [3.63, 3.8) is 0 Å². The molecule has 0 bridgehead atoms. The third kappa shape index (κ3) is 3.79. The lowest BCUT2D eigenvalue weighted by atomic mass is 10.0. The molecule has 0 saturated heterocycles. The fourth-order valence-electron chi connectivity index (χ4n) is 2.01. The third-order valence-electron chi connectivity index (χ3n) is 3.01. The van der Waals surface area contributed by atoms with E-state index in [2.05, 4.69) is 22.4 Å². The minimum atomic E-state index is 0.272. The van der Waals surface area contributed by atoms with Crippen molar-refractivity contribution in [1.29, 1.82) is 0 Å². The summed E-state index contributed by atoms with van der Waals surface area (Å²) in [4.78, 5) is 4.17. The molecule has 1 unspecified atom stereocenters. The van der Waals surface area contributed by atoms with Crippen LogP contribution in [0.1, 0.15) is 36.7 Å². The number of hydrogen-bond acceptors (Lipinski definition) is 5. The molecule has 1 aromatic heterocycles. The van der Waals surface area contributed by atoms with Crippen LogP contribution >= 0.6 is 0 Å². The van der Waals surface area contributed by atoms with Gasteiger partial charge < -0.3 is 14.9 Å². The van der Waals surface area contributed by atoms with Gasteiger partial charge in [-0.1, -0.05) is 24.2 Å². The van der Waals surface area contributed by atoms with Crippen LogP contribution in [0.2, 0.25) is 0 Å². The Morgan fingerprint density at radius 3 is 2.63 bits per heavy atom. The van der Waals surface area contributed by atoms with Gasteiger partial charge in [-0.15, -0.1) is 0 Å². The van der Waals surface area contributed by atoms with E-state index in [0.717, 1.165) is 25.2 Å². The number of aromatic hydroxyl groups is 1. The number of rotatable bonds is 6. The summed E-state index contributed by atoms with van der Waals surface area (Å²) >= 11 is 0. The highest BCUT2D eigenvalue weighted by molar-refractivity contribution is 5.27. The molecule has 0 amide bonds.